The number of amides is 3. The third-order valence-corrected chi connectivity index (χ3v) is 21.1. The van der Waals surface area contributed by atoms with Crippen LogP contribution < -0.4 is 44.4 Å². The lowest BCUT2D eigenvalue weighted by Gasteiger charge is -2.30. The van der Waals surface area contributed by atoms with E-state index in [9.17, 15) is 19.5 Å². The molecule has 1 aliphatic rings. The van der Waals surface area contributed by atoms with Crippen LogP contribution in [0, 0.1) is 0 Å². The lowest BCUT2D eigenvalue weighted by Crippen LogP contribution is -2.23. The Kier molecular flexibility index (Phi) is 24.8. The number of alkyl halides is 2. The molecule has 12 rings (SSSR count). The summed E-state index contributed by atoms with van der Waals surface area (Å²) < 4.78 is 74.4. The second kappa shape index (κ2) is 33.2. The average Bonchev–Trinajstić information content (AvgIpc) is 1.45. The number of hydrogen-bond acceptors (Lipinski definition) is 18. The second-order valence-corrected chi connectivity index (χ2v) is 28.4. The lowest BCUT2D eigenvalue weighted by atomic mass is 9.76. The van der Waals surface area contributed by atoms with Gasteiger partial charge < -0.3 is 53.9 Å². The highest BCUT2D eigenvalue weighted by atomic mass is 35.5. The van der Waals surface area contributed by atoms with E-state index in [1.807, 2.05) is 25.4 Å². The Labute approximate surface area is 653 Å². The Hall–Kier alpha value is -10.0. The monoisotopic (exact) mass is 1610 g/mol. The minimum Gasteiger partial charge on any atom is -0.495 e. The van der Waals surface area contributed by atoms with Gasteiger partial charge in [-0.15, -0.1) is 11.3 Å². The molecule has 0 saturated carbocycles. The van der Waals surface area contributed by atoms with Crippen LogP contribution in [0.4, 0.5) is 25.8 Å². The minimum absolute atomic E-state index is 0.0256. The van der Waals surface area contributed by atoms with Gasteiger partial charge in [-0.05, 0) is 78.4 Å². The van der Waals surface area contributed by atoms with Crippen molar-refractivity contribution in [2.75, 3.05) is 58.6 Å². The zero-order chi connectivity index (χ0) is 78.6. The number of thiophene rings is 1. The first kappa shape index (κ1) is 80.5. The van der Waals surface area contributed by atoms with E-state index in [0.717, 1.165) is 55.5 Å². The third kappa shape index (κ3) is 16.8. The molecule has 0 spiro atoms. The van der Waals surface area contributed by atoms with Gasteiger partial charge in [-0.2, -0.15) is 24.1 Å². The van der Waals surface area contributed by atoms with E-state index in [0.29, 0.717) is 96.7 Å². The number of rotatable bonds is 24. The average molecular weight is 1610 g/mol. The number of anilines is 3. The largest absolute Gasteiger partial charge is 0.495 e. The topological polar surface area (TPSA) is 268 Å². The molecular weight excluding hydrogens is 1540 g/mol. The van der Waals surface area contributed by atoms with Crippen LogP contribution in [0.25, 0.3) is 27.1 Å². The zero-order valence-electron chi connectivity index (χ0n) is 60.3. The SMILES string of the molecule is C=CC(=O)Nc1cn(C)nc1Cc1cc2c(cn1)CC(C(C)(C)c1c(Cl)c(OC)cc(OC)c1Cl)=C2.C=CC(=O)Nc1cn(C)nc1Cc1cc2cc(C(C)(O)c3c(Cl)c(OC)cc(OC)c3Cl)sc2cn1.C=CC(=O)Nc1cn(C)nc1Cc1cc2cc(C(F)(F)c3c(Cl)c(OC)cc(OC)c3Cl)oc2cn1. The number of ether oxygens (including phenoxy) is 6. The second-order valence-electron chi connectivity index (χ2n) is 25.1. The molecule has 564 valence electrons. The van der Waals surface area contributed by atoms with Crippen molar-refractivity contribution >= 4 is 143 Å². The predicted octanol–water partition coefficient (Wildman–Crippen LogP) is 16.8. The summed E-state index contributed by atoms with van der Waals surface area (Å²) >= 11 is 40.4. The summed E-state index contributed by atoms with van der Waals surface area (Å²) in [6, 6.07) is 13.2. The van der Waals surface area contributed by atoms with Crippen LogP contribution in [-0.2, 0) is 78.1 Å². The van der Waals surface area contributed by atoms with E-state index >= 15 is 8.78 Å². The Balaban J connectivity index is 0.000000173. The van der Waals surface area contributed by atoms with Crippen LogP contribution >= 0.6 is 80.9 Å². The van der Waals surface area contributed by atoms with Gasteiger partial charge in [-0.1, -0.05) is 115 Å². The molecule has 1 atom stereocenters. The highest BCUT2D eigenvalue weighted by Crippen LogP contribution is 2.54. The summed E-state index contributed by atoms with van der Waals surface area (Å²) in [7, 11) is 14.0. The fraction of sp³-hybridized carbons (Fsp3) is 0.250. The first-order valence-electron chi connectivity index (χ1n) is 32.5. The maximum absolute atomic E-state index is 15.7. The van der Waals surface area contributed by atoms with Crippen LogP contribution in [0.5, 0.6) is 34.5 Å². The van der Waals surface area contributed by atoms with Gasteiger partial charge in [-0.25, -0.2) is 0 Å². The quantitative estimate of drug-likeness (QED) is 0.0410. The van der Waals surface area contributed by atoms with Gasteiger partial charge in [0.2, 0.25) is 17.7 Å². The van der Waals surface area contributed by atoms with Crippen molar-refractivity contribution in [1.82, 2.24) is 44.3 Å². The molecule has 0 saturated heterocycles. The zero-order valence-corrected chi connectivity index (χ0v) is 65.7. The number of halogens is 8. The van der Waals surface area contributed by atoms with Crippen LogP contribution in [0.3, 0.4) is 0 Å². The summed E-state index contributed by atoms with van der Waals surface area (Å²) in [6.07, 6.45) is 17.7. The summed E-state index contributed by atoms with van der Waals surface area (Å²) in [6.45, 7) is 16.2. The number of carbonyl (C=O) groups excluding carboxylic acids is 3. The lowest BCUT2D eigenvalue weighted by molar-refractivity contribution is -0.112. The smallest absolute Gasteiger partial charge is 0.333 e. The number of aryl methyl sites for hydroxylation is 3. The fourth-order valence-electron chi connectivity index (χ4n) is 12.0. The number of aliphatic hydroxyl groups is 1. The van der Waals surface area contributed by atoms with Gasteiger partial charge in [0.1, 0.15) is 40.1 Å². The number of pyridine rings is 3. The molecule has 1 aliphatic carbocycles. The van der Waals surface area contributed by atoms with E-state index in [1.165, 1.54) is 70.3 Å². The molecule has 3 amide bonds. The van der Waals surface area contributed by atoms with E-state index in [2.05, 4.69) is 91.9 Å². The molecule has 8 heterocycles. The number of aromatic nitrogens is 9. The Morgan fingerprint density at radius 3 is 1.34 bits per heavy atom. The highest BCUT2D eigenvalue weighted by molar-refractivity contribution is 7.19. The standard InChI is InChI=1S/C27H28Cl2N4O3.C25H24Cl2N4O4S.C24H20Cl2F2N4O4/c1-7-23(34)31-20-14-33(4)32-19(20)11-18-10-15-8-17(9-16(15)13-30-18)27(2,3)24-25(28)21(35-5)12-22(36-6)26(24)29;1-6-21(32)29-16-12-31(3)30-15(16)9-14-7-13-8-20(36-19(13)11-28-14)25(2,33)22-23(26)17(34-4)10-18(35-5)24(22)27;1-5-20(33)30-15-11-32(2)31-14(15)8-13-6-12-7-19(36-18(12)10-29-13)24(27,28)21-22(25)16(34-3)9-17(35-4)23(21)26/h7-8,10,12-14H,1,9,11H2,2-6H3,(H,31,34);6-8,10-12,33H,1,9H2,2-5H3,(H,29,32);5-7,9-11H,1,8H2,2-4H3,(H,30,33). The molecule has 108 heavy (non-hydrogen) atoms. The van der Waals surface area contributed by atoms with Crippen LogP contribution in [-0.4, -0.2) is 110 Å². The van der Waals surface area contributed by atoms with E-state index < -0.39 is 28.3 Å². The maximum Gasteiger partial charge on any atom is 0.333 e. The molecule has 8 aromatic heterocycles. The number of hydrogen-bond donors (Lipinski definition) is 4. The van der Waals surface area contributed by atoms with Crippen molar-refractivity contribution in [3.63, 3.8) is 0 Å². The van der Waals surface area contributed by atoms with Gasteiger partial charge in [0.05, 0.1) is 123 Å². The Morgan fingerprint density at radius 1 is 0.546 bits per heavy atom. The highest BCUT2D eigenvalue weighted by Gasteiger charge is 2.45. The third-order valence-electron chi connectivity index (χ3n) is 17.5. The van der Waals surface area contributed by atoms with Gasteiger partial charge in [-0.3, -0.25) is 43.4 Å². The van der Waals surface area contributed by atoms with Crippen molar-refractivity contribution in [2.24, 2.45) is 21.1 Å². The maximum atomic E-state index is 15.7. The molecule has 3 aromatic carbocycles. The number of carbonyl (C=O) groups is 3. The summed E-state index contributed by atoms with van der Waals surface area (Å²) in [5.41, 5.74) is 7.54. The first-order valence-corrected chi connectivity index (χ1v) is 35.6. The van der Waals surface area contributed by atoms with Gasteiger partial charge in [0.25, 0.3) is 0 Å². The fourth-order valence-corrected chi connectivity index (χ4v) is 15.7. The van der Waals surface area contributed by atoms with Crippen molar-refractivity contribution < 1.29 is 61.1 Å². The first-order chi connectivity index (χ1) is 51.2. The van der Waals surface area contributed by atoms with Crippen LogP contribution in [0.15, 0.2) is 134 Å². The molecule has 32 heteroatoms. The molecule has 0 bridgehead atoms. The predicted molar refractivity (Wildman–Crippen MR) is 417 cm³/mol. The van der Waals surface area contributed by atoms with Gasteiger partial charge in [0, 0.05) is 133 Å². The molecule has 4 N–H and O–H groups in total. The van der Waals surface area contributed by atoms with Crippen LogP contribution in [0.1, 0.15) is 93.4 Å². The van der Waals surface area contributed by atoms with Gasteiger partial charge >= 0.3 is 5.92 Å². The minimum atomic E-state index is -3.72. The van der Waals surface area contributed by atoms with Crippen molar-refractivity contribution in [2.45, 2.75) is 63.4 Å². The molecule has 0 aliphatic heterocycles. The number of fused-ring (bicyclic) bond motifs is 3. The van der Waals surface area contributed by atoms with Gasteiger partial charge in [0.15, 0.2) is 11.3 Å². The Bertz CT molecular complexity index is 5090. The number of allylic oxidation sites excluding steroid dienone is 1. The number of furan rings is 1. The summed E-state index contributed by atoms with van der Waals surface area (Å²) in [5.74, 6) is -3.75. The molecule has 23 nitrogen and oxygen atoms in total. The molecule has 0 fully saturated rings. The van der Waals surface area contributed by atoms with Crippen molar-refractivity contribution in [1.29, 1.82) is 0 Å². The molecule has 0 radical (unpaired) electrons. The summed E-state index contributed by atoms with van der Waals surface area (Å²) in [4.78, 5) is 49.4. The normalized spacial score (nSPS) is 12.4. The van der Waals surface area contributed by atoms with Crippen LogP contribution in [0.2, 0.25) is 30.1 Å². The van der Waals surface area contributed by atoms with Crippen molar-refractivity contribution in [3.8, 4) is 34.5 Å². The molecular formula is C76H72Cl6F2N12O11S. The van der Waals surface area contributed by atoms with E-state index in [1.54, 1.807) is 92.3 Å². The van der Waals surface area contributed by atoms with Crippen molar-refractivity contribution in [3.05, 3.63) is 232 Å². The molecule has 1 unspecified atom stereocenters. The molecule has 11 aromatic rings. The number of methoxy groups -OCH3 is 6. The Morgan fingerprint density at radius 2 is 0.926 bits per heavy atom. The number of nitrogens with one attached hydrogen (secondary N) is 3. The van der Waals surface area contributed by atoms with E-state index in [-0.39, 0.29) is 66.9 Å². The number of benzene rings is 3. The summed E-state index contributed by atoms with van der Waals surface area (Å²) in [5, 5.41) is 35.1. The number of nitrogens with zero attached hydrogens (tertiary/aromatic N) is 9. The van der Waals surface area contributed by atoms with E-state index in [4.69, 9.17) is 102 Å².